The number of esters is 1. The number of hydrogen-bond donors (Lipinski definition) is 0. The lowest BCUT2D eigenvalue weighted by molar-refractivity contribution is -0.136. The Morgan fingerprint density at radius 1 is 0.514 bits per heavy atom. The molecule has 0 fully saturated rings. The maximum atomic E-state index is 13.5. The third kappa shape index (κ3) is 13.3. The monoisotopic (exact) mass is 538 g/mol. The molecule has 0 spiro atoms. The zero-order chi connectivity index (χ0) is 25.9. The van der Waals surface area contributed by atoms with Crippen LogP contribution in [-0.2, 0) is 33.2 Å². The Bertz CT molecular complexity index is 715. The first-order valence-corrected chi connectivity index (χ1v) is 11.2. The van der Waals surface area contributed by atoms with Gasteiger partial charge >= 0.3 is 5.97 Å². The van der Waals surface area contributed by atoms with Crippen molar-refractivity contribution >= 4 is 17.6 Å². The summed E-state index contributed by atoms with van der Waals surface area (Å²) in [4.78, 5) is 11.6. The maximum absolute atomic E-state index is 13.5. The first-order valence-electron chi connectivity index (χ1n) is 10.6. The fraction of sp³-hybridized carbons (Fsp3) is 0.667. The van der Waals surface area contributed by atoms with Gasteiger partial charge in [-0.05, 0) is 0 Å². The highest BCUT2D eigenvalue weighted by atomic mass is 35.5. The molecule has 0 aliphatic carbocycles. The average Bonchev–Trinajstić information content (AvgIpc) is 2.85. The number of hydrogen-bond acceptors (Lipinski definition) is 8. The van der Waals surface area contributed by atoms with Crippen molar-refractivity contribution in [2.45, 2.75) is 6.42 Å². The van der Waals surface area contributed by atoms with Gasteiger partial charge in [-0.2, -0.15) is 8.78 Å². The largest absolute Gasteiger partial charge is 0.420 e. The Hall–Kier alpha value is -1.61. The number of carbonyl (C=O) groups excluding carboxylic acids is 1. The van der Waals surface area contributed by atoms with Crippen molar-refractivity contribution in [3.05, 3.63) is 29.1 Å². The minimum Gasteiger partial charge on any atom is -0.420 e. The number of rotatable bonds is 21. The van der Waals surface area contributed by atoms with Crippen molar-refractivity contribution in [1.29, 1.82) is 0 Å². The molecule has 0 amide bonds. The van der Waals surface area contributed by atoms with Gasteiger partial charge in [-0.1, -0.05) is 0 Å². The molecule has 35 heavy (non-hydrogen) atoms. The van der Waals surface area contributed by atoms with Gasteiger partial charge in [0.2, 0.25) is 34.8 Å². The van der Waals surface area contributed by atoms with Crippen molar-refractivity contribution in [3.63, 3.8) is 0 Å². The van der Waals surface area contributed by atoms with Gasteiger partial charge in [0.1, 0.15) is 0 Å². The van der Waals surface area contributed by atoms with E-state index in [-0.39, 0.29) is 26.4 Å². The second-order valence-electron chi connectivity index (χ2n) is 6.49. The minimum atomic E-state index is -2.34. The normalized spacial score (nSPS) is 11.3. The van der Waals surface area contributed by atoms with E-state index in [1.165, 1.54) is 0 Å². The standard InChI is InChI=1S/C21H28ClF5O8/c22-2-4-30-6-8-32-10-12-34-14-13-33-11-9-31-7-5-29-3-1-15(28)35-21-19(26)17(24)16(23)18(25)20(21)27/h1-14H2. The lowest BCUT2D eigenvalue weighted by Crippen LogP contribution is -2.16. The number of benzene rings is 1. The number of ether oxygens (including phenoxy) is 7. The first-order chi connectivity index (χ1) is 16.9. The summed E-state index contributed by atoms with van der Waals surface area (Å²) in [5.41, 5.74) is 0. The van der Waals surface area contributed by atoms with E-state index in [9.17, 15) is 26.7 Å². The fourth-order valence-corrected chi connectivity index (χ4v) is 2.36. The molecule has 0 aromatic heterocycles. The van der Waals surface area contributed by atoms with Gasteiger partial charge in [0, 0.05) is 5.88 Å². The Morgan fingerprint density at radius 3 is 1.20 bits per heavy atom. The Morgan fingerprint density at radius 2 is 0.829 bits per heavy atom. The predicted octanol–water partition coefficient (Wildman–Crippen LogP) is 3.02. The maximum Gasteiger partial charge on any atom is 0.313 e. The van der Waals surface area contributed by atoms with Crippen LogP contribution >= 0.6 is 11.6 Å². The highest BCUT2D eigenvalue weighted by Crippen LogP contribution is 2.29. The zero-order valence-electron chi connectivity index (χ0n) is 18.9. The molecule has 0 aliphatic rings. The van der Waals surface area contributed by atoms with Gasteiger partial charge in [-0.3, -0.25) is 4.79 Å². The highest BCUT2D eigenvalue weighted by Gasteiger charge is 2.28. The molecule has 0 atom stereocenters. The molecule has 14 heteroatoms. The summed E-state index contributed by atoms with van der Waals surface area (Å²) in [6.45, 7) is 3.78. The molecular weight excluding hydrogens is 511 g/mol. The molecule has 1 aromatic carbocycles. The lowest BCUT2D eigenvalue weighted by Gasteiger charge is -2.09. The third-order valence-corrected chi connectivity index (χ3v) is 4.07. The Labute approximate surface area is 204 Å². The molecule has 0 bridgehead atoms. The second kappa shape index (κ2) is 19.6. The summed E-state index contributed by atoms with van der Waals surface area (Å²) >= 11 is 5.46. The van der Waals surface area contributed by atoms with Crippen LogP contribution < -0.4 is 4.74 Å². The first kappa shape index (κ1) is 31.4. The van der Waals surface area contributed by atoms with Crippen LogP contribution in [0.4, 0.5) is 22.0 Å². The van der Waals surface area contributed by atoms with E-state index in [4.69, 9.17) is 40.0 Å². The number of carbonyl (C=O) groups is 1. The molecular formula is C21H28ClF5O8. The van der Waals surface area contributed by atoms with Crippen LogP contribution in [0.25, 0.3) is 0 Å². The highest BCUT2D eigenvalue weighted by molar-refractivity contribution is 6.17. The van der Waals surface area contributed by atoms with Crippen LogP contribution in [0.15, 0.2) is 0 Å². The number of alkyl halides is 1. The topological polar surface area (TPSA) is 81.7 Å². The summed E-state index contributed by atoms with van der Waals surface area (Å²) in [6, 6.07) is 0. The summed E-state index contributed by atoms with van der Waals surface area (Å²) in [5.74, 6) is -13.7. The number of halogens is 6. The van der Waals surface area contributed by atoms with Gasteiger partial charge < -0.3 is 33.2 Å². The molecule has 0 heterocycles. The molecule has 0 N–H and O–H groups in total. The molecule has 0 unspecified atom stereocenters. The molecule has 0 saturated carbocycles. The van der Waals surface area contributed by atoms with E-state index in [0.717, 1.165) is 0 Å². The SMILES string of the molecule is O=C(CCOCCOCCOCCOCCOCCOCCCl)Oc1c(F)c(F)c(F)c(F)c1F. The van der Waals surface area contributed by atoms with Crippen LogP contribution in [0.2, 0.25) is 0 Å². The van der Waals surface area contributed by atoms with E-state index in [0.29, 0.717) is 58.7 Å². The van der Waals surface area contributed by atoms with Crippen molar-refractivity contribution in [2.24, 2.45) is 0 Å². The van der Waals surface area contributed by atoms with Gasteiger partial charge in [-0.15, -0.1) is 11.6 Å². The minimum absolute atomic E-state index is 0.0931. The van der Waals surface area contributed by atoms with Gasteiger partial charge in [0.15, 0.2) is 0 Å². The summed E-state index contributed by atoms with van der Waals surface area (Å²) < 4.78 is 102. The molecule has 0 aliphatic heterocycles. The molecule has 0 radical (unpaired) electrons. The summed E-state index contributed by atoms with van der Waals surface area (Å²) in [7, 11) is 0. The molecule has 8 nitrogen and oxygen atoms in total. The van der Waals surface area contributed by atoms with Crippen LogP contribution in [0, 0.1) is 29.1 Å². The fourth-order valence-electron chi connectivity index (χ4n) is 2.25. The van der Waals surface area contributed by atoms with Crippen molar-refractivity contribution in [2.75, 3.05) is 85.2 Å². The Balaban J connectivity index is 1.94. The van der Waals surface area contributed by atoms with E-state index >= 15 is 0 Å². The van der Waals surface area contributed by atoms with Gasteiger partial charge in [0.25, 0.3) is 0 Å². The molecule has 202 valence electrons. The van der Waals surface area contributed by atoms with Crippen LogP contribution in [-0.4, -0.2) is 91.1 Å². The predicted molar refractivity (Wildman–Crippen MR) is 112 cm³/mol. The van der Waals surface area contributed by atoms with Crippen molar-refractivity contribution in [3.8, 4) is 5.75 Å². The van der Waals surface area contributed by atoms with Crippen LogP contribution in [0.5, 0.6) is 5.75 Å². The van der Waals surface area contributed by atoms with Crippen molar-refractivity contribution in [1.82, 2.24) is 0 Å². The van der Waals surface area contributed by atoms with E-state index in [2.05, 4.69) is 4.74 Å². The quantitative estimate of drug-likeness (QED) is 0.0449. The molecule has 1 aromatic rings. The molecule has 0 saturated heterocycles. The van der Waals surface area contributed by atoms with E-state index < -0.39 is 47.2 Å². The van der Waals surface area contributed by atoms with Crippen molar-refractivity contribution < 1.29 is 59.9 Å². The lowest BCUT2D eigenvalue weighted by atomic mass is 10.2. The second-order valence-corrected chi connectivity index (χ2v) is 6.86. The molecule has 1 rings (SSSR count). The Kier molecular flexibility index (Phi) is 17.6. The summed E-state index contributed by atoms with van der Waals surface area (Å²) in [5, 5.41) is 0. The smallest absolute Gasteiger partial charge is 0.313 e. The van der Waals surface area contributed by atoms with Crippen LogP contribution in [0.3, 0.4) is 0 Å². The zero-order valence-corrected chi connectivity index (χ0v) is 19.7. The average molecular weight is 539 g/mol. The van der Waals surface area contributed by atoms with Gasteiger partial charge in [-0.25, -0.2) is 13.2 Å². The van der Waals surface area contributed by atoms with E-state index in [1.54, 1.807) is 0 Å². The third-order valence-electron chi connectivity index (χ3n) is 3.92. The van der Waals surface area contributed by atoms with Crippen LogP contribution in [0.1, 0.15) is 6.42 Å². The van der Waals surface area contributed by atoms with E-state index in [1.807, 2.05) is 0 Å². The van der Waals surface area contributed by atoms with Gasteiger partial charge in [0.05, 0.1) is 85.7 Å². The summed E-state index contributed by atoms with van der Waals surface area (Å²) in [6.07, 6.45) is -0.477.